The first-order chi connectivity index (χ1) is 10.2. The lowest BCUT2D eigenvalue weighted by atomic mass is 10.0. The van der Waals surface area contributed by atoms with Gasteiger partial charge in [-0.1, -0.05) is 6.07 Å². The lowest BCUT2D eigenvalue weighted by Gasteiger charge is -2.27. The van der Waals surface area contributed by atoms with Crippen LogP contribution in [0.5, 0.6) is 0 Å². The van der Waals surface area contributed by atoms with Gasteiger partial charge in [0.15, 0.2) is 0 Å². The highest BCUT2D eigenvalue weighted by Crippen LogP contribution is 2.18. The summed E-state index contributed by atoms with van der Waals surface area (Å²) in [6, 6.07) is 5.65. The van der Waals surface area contributed by atoms with Gasteiger partial charge in [0.25, 0.3) is 0 Å². The molecule has 2 amide bonds. The number of carbonyl (C=O) groups is 1. The second kappa shape index (κ2) is 6.13. The number of ether oxygens (including phenoxy) is 1. The molecule has 3 heterocycles. The molecule has 1 aliphatic rings. The summed E-state index contributed by atoms with van der Waals surface area (Å²) < 4.78 is 7.20. The van der Waals surface area contributed by atoms with E-state index >= 15 is 0 Å². The topological polar surface area (TPSA) is 58.9 Å². The molecule has 21 heavy (non-hydrogen) atoms. The summed E-state index contributed by atoms with van der Waals surface area (Å²) in [6.07, 6.45) is 5.72. The maximum Gasteiger partial charge on any atom is 0.321 e. The SMILES string of the molecule is CN(C[C@@H]1CCCOC1)C(=O)Nc1cnn2ccccc12. The summed E-state index contributed by atoms with van der Waals surface area (Å²) in [6.45, 7) is 2.30. The van der Waals surface area contributed by atoms with Crippen LogP contribution in [0.4, 0.5) is 10.5 Å². The minimum absolute atomic E-state index is 0.112. The molecular weight excluding hydrogens is 268 g/mol. The largest absolute Gasteiger partial charge is 0.381 e. The molecule has 2 aromatic rings. The van der Waals surface area contributed by atoms with Gasteiger partial charge in [-0.05, 0) is 25.0 Å². The Morgan fingerprint density at radius 3 is 3.29 bits per heavy atom. The Bertz CT molecular complexity index is 619. The quantitative estimate of drug-likeness (QED) is 0.942. The van der Waals surface area contributed by atoms with Crippen molar-refractivity contribution in [2.75, 3.05) is 32.1 Å². The Morgan fingerprint density at radius 2 is 2.48 bits per heavy atom. The predicted molar refractivity (Wildman–Crippen MR) is 80.4 cm³/mol. The molecule has 1 N–H and O–H groups in total. The Kier molecular flexibility index (Phi) is 4.06. The van der Waals surface area contributed by atoms with Crippen molar-refractivity contribution < 1.29 is 9.53 Å². The van der Waals surface area contributed by atoms with Crippen LogP contribution in [0.2, 0.25) is 0 Å². The van der Waals surface area contributed by atoms with Gasteiger partial charge in [-0.3, -0.25) is 0 Å². The fourth-order valence-electron chi connectivity index (χ4n) is 2.66. The van der Waals surface area contributed by atoms with E-state index in [2.05, 4.69) is 10.4 Å². The van der Waals surface area contributed by atoms with Gasteiger partial charge in [0.1, 0.15) is 0 Å². The molecule has 3 rings (SSSR count). The number of hydrogen-bond acceptors (Lipinski definition) is 3. The molecule has 2 aromatic heterocycles. The normalized spacial score (nSPS) is 18.6. The van der Waals surface area contributed by atoms with Crippen LogP contribution >= 0.6 is 0 Å². The fourth-order valence-corrected chi connectivity index (χ4v) is 2.66. The van der Waals surface area contributed by atoms with Crippen molar-refractivity contribution in [3.63, 3.8) is 0 Å². The van der Waals surface area contributed by atoms with Gasteiger partial charge in [0, 0.05) is 32.3 Å². The Balaban J connectivity index is 1.62. The highest BCUT2D eigenvalue weighted by atomic mass is 16.5. The van der Waals surface area contributed by atoms with Crippen LogP contribution in [0.1, 0.15) is 12.8 Å². The smallest absolute Gasteiger partial charge is 0.321 e. The molecule has 1 atom stereocenters. The van der Waals surface area contributed by atoms with Gasteiger partial charge >= 0.3 is 6.03 Å². The lowest BCUT2D eigenvalue weighted by Crippen LogP contribution is -2.37. The van der Waals surface area contributed by atoms with Gasteiger partial charge in [-0.2, -0.15) is 5.10 Å². The molecule has 0 bridgehead atoms. The van der Waals surface area contributed by atoms with Gasteiger partial charge < -0.3 is 15.0 Å². The van der Waals surface area contributed by atoms with Crippen LogP contribution in [0.25, 0.3) is 5.52 Å². The number of pyridine rings is 1. The van der Waals surface area contributed by atoms with Crippen LogP contribution in [0.15, 0.2) is 30.6 Å². The summed E-state index contributed by atoms with van der Waals surface area (Å²) in [5.41, 5.74) is 1.62. The predicted octanol–water partition coefficient (Wildman–Crippen LogP) is 2.22. The Labute approximate surface area is 123 Å². The highest BCUT2D eigenvalue weighted by molar-refractivity contribution is 5.93. The number of anilines is 1. The third-order valence-electron chi connectivity index (χ3n) is 3.80. The van der Waals surface area contributed by atoms with E-state index < -0.39 is 0 Å². The van der Waals surface area contributed by atoms with Gasteiger partial charge in [0.05, 0.1) is 24.0 Å². The number of nitrogens with one attached hydrogen (secondary N) is 1. The number of amides is 2. The first-order valence-electron chi connectivity index (χ1n) is 7.26. The summed E-state index contributed by atoms with van der Waals surface area (Å²) >= 11 is 0. The summed E-state index contributed by atoms with van der Waals surface area (Å²) in [4.78, 5) is 14.0. The van der Waals surface area contributed by atoms with E-state index in [1.165, 1.54) is 0 Å². The molecule has 0 radical (unpaired) electrons. The van der Waals surface area contributed by atoms with Crippen molar-refractivity contribution in [2.45, 2.75) is 12.8 Å². The standard InChI is InChI=1S/C15H20N4O2/c1-18(10-12-5-4-8-21-11-12)15(20)17-13-9-16-19-7-3-2-6-14(13)19/h2-3,6-7,9,12H,4-5,8,10-11H2,1H3,(H,17,20)/t12-/m0/s1. The number of hydrogen-bond donors (Lipinski definition) is 1. The number of urea groups is 1. The molecule has 1 aliphatic heterocycles. The molecule has 112 valence electrons. The molecule has 0 aliphatic carbocycles. The Hall–Kier alpha value is -2.08. The maximum absolute atomic E-state index is 12.3. The number of aromatic nitrogens is 2. The van der Waals surface area contributed by atoms with E-state index in [4.69, 9.17) is 4.74 Å². The number of carbonyl (C=O) groups excluding carboxylic acids is 1. The van der Waals surface area contributed by atoms with Crippen LogP contribution in [-0.4, -0.2) is 47.4 Å². The molecule has 6 heteroatoms. The average Bonchev–Trinajstić information content (AvgIpc) is 2.91. The van der Waals surface area contributed by atoms with Gasteiger partial charge in [-0.15, -0.1) is 0 Å². The zero-order valence-corrected chi connectivity index (χ0v) is 12.2. The zero-order chi connectivity index (χ0) is 14.7. The van der Waals surface area contributed by atoms with E-state index in [1.54, 1.807) is 15.6 Å². The van der Waals surface area contributed by atoms with E-state index in [1.807, 2.05) is 31.4 Å². The van der Waals surface area contributed by atoms with Crippen LogP contribution in [0.3, 0.4) is 0 Å². The van der Waals surface area contributed by atoms with E-state index in [0.717, 1.165) is 37.3 Å². The van der Waals surface area contributed by atoms with Crippen LogP contribution in [-0.2, 0) is 4.74 Å². The van der Waals surface area contributed by atoms with Crippen molar-refractivity contribution >= 4 is 17.2 Å². The van der Waals surface area contributed by atoms with E-state index in [9.17, 15) is 4.79 Å². The lowest BCUT2D eigenvalue weighted by molar-refractivity contribution is 0.0464. The summed E-state index contributed by atoms with van der Waals surface area (Å²) in [5, 5.41) is 7.13. The fraction of sp³-hybridized carbons (Fsp3) is 0.467. The Morgan fingerprint density at radius 1 is 1.57 bits per heavy atom. The van der Waals surface area contributed by atoms with Crippen LogP contribution in [0, 0.1) is 5.92 Å². The third kappa shape index (κ3) is 3.16. The summed E-state index contributed by atoms with van der Waals surface area (Å²) in [5.74, 6) is 0.429. The van der Waals surface area contributed by atoms with Crippen molar-refractivity contribution in [2.24, 2.45) is 5.92 Å². The van der Waals surface area contributed by atoms with Crippen molar-refractivity contribution in [3.8, 4) is 0 Å². The van der Waals surface area contributed by atoms with E-state index in [-0.39, 0.29) is 6.03 Å². The first-order valence-corrected chi connectivity index (χ1v) is 7.26. The second-order valence-electron chi connectivity index (χ2n) is 5.48. The molecule has 0 saturated carbocycles. The molecule has 6 nitrogen and oxygen atoms in total. The van der Waals surface area contributed by atoms with Crippen LogP contribution < -0.4 is 5.32 Å². The third-order valence-corrected chi connectivity index (χ3v) is 3.80. The monoisotopic (exact) mass is 288 g/mol. The highest BCUT2D eigenvalue weighted by Gasteiger charge is 2.19. The molecular formula is C15H20N4O2. The molecule has 0 spiro atoms. The maximum atomic E-state index is 12.3. The summed E-state index contributed by atoms with van der Waals surface area (Å²) in [7, 11) is 1.82. The minimum Gasteiger partial charge on any atom is -0.381 e. The first kappa shape index (κ1) is 13.9. The molecule has 1 fully saturated rings. The second-order valence-corrected chi connectivity index (χ2v) is 5.48. The zero-order valence-electron chi connectivity index (χ0n) is 12.2. The van der Waals surface area contributed by atoms with Crippen molar-refractivity contribution in [1.82, 2.24) is 14.5 Å². The molecule has 1 saturated heterocycles. The van der Waals surface area contributed by atoms with Crippen molar-refractivity contribution in [1.29, 1.82) is 0 Å². The number of rotatable bonds is 3. The van der Waals surface area contributed by atoms with Crippen molar-refractivity contribution in [3.05, 3.63) is 30.6 Å². The molecule has 0 unspecified atom stereocenters. The number of fused-ring (bicyclic) bond motifs is 1. The average molecular weight is 288 g/mol. The van der Waals surface area contributed by atoms with E-state index in [0.29, 0.717) is 12.5 Å². The number of nitrogens with zero attached hydrogens (tertiary/aromatic N) is 3. The van der Waals surface area contributed by atoms with Gasteiger partial charge in [-0.25, -0.2) is 9.31 Å². The van der Waals surface area contributed by atoms with Gasteiger partial charge in [0.2, 0.25) is 0 Å². The molecule has 0 aromatic carbocycles. The minimum atomic E-state index is -0.112.